The van der Waals surface area contributed by atoms with Crippen molar-refractivity contribution >= 4 is 26.6 Å². The number of fused-ring (bicyclic) bond motifs is 1. The van der Waals surface area contributed by atoms with Gasteiger partial charge in [0.05, 0.1) is 10.8 Å². The summed E-state index contributed by atoms with van der Waals surface area (Å²) >= 11 is 0. The van der Waals surface area contributed by atoms with Crippen molar-refractivity contribution in [3.05, 3.63) is 30.0 Å². The second kappa shape index (κ2) is 7.44. The molecule has 1 aromatic heterocycles. The van der Waals surface area contributed by atoms with Crippen molar-refractivity contribution in [1.82, 2.24) is 9.29 Å². The molecule has 2 fully saturated rings. The van der Waals surface area contributed by atoms with Crippen molar-refractivity contribution in [2.24, 2.45) is 0 Å². The average molecular weight is 411 g/mol. The molecule has 0 unspecified atom stereocenters. The molecule has 2 aromatic rings. The number of pyridine rings is 1. The highest BCUT2D eigenvalue weighted by Crippen LogP contribution is 2.33. The first-order chi connectivity index (χ1) is 13.3. The second-order valence-corrected chi connectivity index (χ2v) is 9.64. The number of nitrogens with zero attached hydrogens (tertiary/aromatic N) is 2. The Hall–Kier alpha value is -2.00. The van der Waals surface area contributed by atoms with Gasteiger partial charge in [-0.25, -0.2) is 12.7 Å². The van der Waals surface area contributed by atoms with Gasteiger partial charge in [0.25, 0.3) is 0 Å². The van der Waals surface area contributed by atoms with Crippen LogP contribution in [0.15, 0.2) is 24.3 Å². The van der Waals surface area contributed by atoms with Crippen LogP contribution in [0.25, 0.3) is 10.9 Å². The highest BCUT2D eigenvalue weighted by molar-refractivity contribution is 7.90. The molecule has 0 bridgehead atoms. The van der Waals surface area contributed by atoms with Crippen LogP contribution in [-0.2, 0) is 10.0 Å². The molecular formula is C19H23F2N3O3S. The number of ether oxygens (including phenoxy) is 1. The fourth-order valence-electron chi connectivity index (χ4n) is 3.68. The van der Waals surface area contributed by atoms with Gasteiger partial charge < -0.3 is 10.1 Å². The van der Waals surface area contributed by atoms with Gasteiger partial charge in [-0.05, 0) is 56.9 Å². The average Bonchev–Trinajstić information content (AvgIpc) is 3.48. The van der Waals surface area contributed by atoms with Gasteiger partial charge >= 0.3 is 6.61 Å². The number of anilines is 1. The number of halogens is 2. The number of hydrogen-bond donors (Lipinski definition) is 1. The van der Waals surface area contributed by atoms with Gasteiger partial charge in [0.1, 0.15) is 5.75 Å². The summed E-state index contributed by atoms with van der Waals surface area (Å²) in [4.78, 5) is 4.45. The largest absolute Gasteiger partial charge is 0.435 e. The Labute approximate surface area is 162 Å². The van der Waals surface area contributed by atoms with Crippen LogP contribution in [0, 0.1) is 6.92 Å². The van der Waals surface area contributed by atoms with Crippen LogP contribution < -0.4 is 10.1 Å². The minimum absolute atomic E-state index is 0.0848. The minimum atomic E-state index is -3.14. The van der Waals surface area contributed by atoms with Crippen LogP contribution >= 0.6 is 0 Å². The van der Waals surface area contributed by atoms with E-state index in [9.17, 15) is 17.2 Å². The lowest BCUT2D eigenvalue weighted by Crippen LogP contribution is -2.43. The molecule has 2 heterocycles. The Bertz CT molecular complexity index is 972. The summed E-state index contributed by atoms with van der Waals surface area (Å²) in [5, 5.41) is 3.98. The number of sulfonamides is 1. The zero-order valence-corrected chi connectivity index (χ0v) is 16.4. The third-order valence-electron chi connectivity index (χ3n) is 5.25. The molecule has 28 heavy (non-hydrogen) atoms. The van der Waals surface area contributed by atoms with Crippen LogP contribution in [0.2, 0.25) is 0 Å². The molecule has 0 radical (unpaired) electrons. The number of hydrogen-bond acceptors (Lipinski definition) is 5. The van der Waals surface area contributed by atoms with E-state index in [2.05, 4.69) is 15.0 Å². The summed E-state index contributed by atoms with van der Waals surface area (Å²) in [6, 6.07) is 6.68. The lowest BCUT2D eigenvalue weighted by atomic mass is 10.0. The van der Waals surface area contributed by atoms with Crippen LogP contribution in [0.1, 0.15) is 31.4 Å². The SMILES string of the molecule is Cc1cc(NC2CCN(S(=O)(=O)C3CC3)CC2)c2cc(OC(F)F)ccc2n1. The maximum Gasteiger partial charge on any atom is 0.387 e. The van der Waals surface area contributed by atoms with E-state index in [0.717, 1.165) is 24.2 Å². The second-order valence-electron chi connectivity index (χ2n) is 7.43. The molecule has 2 aliphatic rings. The molecule has 1 aliphatic heterocycles. The van der Waals surface area contributed by atoms with Crippen LogP contribution in [-0.4, -0.2) is 48.7 Å². The number of aryl methyl sites for hydroxylation is 1. The summed E-state index contributed by atoms with van der Waals surface area (Å²) in [6.45, 7) is -0.0137. The van der Waals surface area contributed by atoms with Gasteiger partial charge in [-0.3, -0.25) is 4.98 Å². The predicted octanol–water partition coefficient (Wildman–Crippen LogP) is 3.51. The van der Waals surface area contributed by atoms with E-state index in [1.807, 2.05) is 13.0 Å². The normalized spacial score (nSPS) is 19.3. The van der Waals surface area contributed by atoms with Crippen molar-refractivity contribution in [2.45, 2.75) is 50.5 Å². The van der Waals surface area contributed by atoms with E-state index in [4.69, 9.17) is 0 Å². The summed E-state index contributed by atoms with van der Waals surface area (Å²) in [5.74, 6) is 0.0848. The third-order valence-corrected chi connectivity index (χ3v) is 7.65. The molecule has 1 saturated heterocycles. The van der Waals surface area contributed by atoms with Crippen molar-refractivity contribution in [3.8, 4) is 5.75 Å². The first kappa shape index (κ1) is 19.3. The van der Waals surface area contributed by atoms with Crippen molar-refractivity contribution in [2.75, 3.05) is 18.4 Å². The van der Waals surface area contributed by atoms with E-state index >= 15 is 0 Å². The molecule has 1 aliphatic carbocycles. The first-order valence-corrected chi connectivity index (χ1v) is 10.9. The topological polar surface area (TPSA) is 71.5 Å². The zero-order valence-electron chi connectivity index (χ0n) is 15.6. The Morgan fingerprint density at radius 1 is 1.18 bits per heavy atom. The summed E-state index contributed by atoms with van der Waals surface area (Å²) in [6.07, 6.45) is 2.93. The van der Waals surface area contributed by atoms with Crippen LogP contribution in [0.3, 0.4) is 0 Å². The van der Waals surface area contributed by atoms with Gasteiger partial charge in [0.15, 0.2) is 0 Å². The molecule has 1 aromatic carbocycles. The Morgan fingerprint density at radius 2 is 1.89 bits per heavy atom. The molecule has 9 heteroatoms. The third kappa shape index (κ3) is 4.05. The van der Waals surface area contributed by atoms with Gasteiger partial charge in [0, 0.05) is 35.9 Å². The molecular weight excluding hydrogens is 388 g/mol. The number of nitrogens with one attached hydrogen (secondary N) is 1. The lowest BCUT2D eigenvalue weighted by molar-refractivity contribution is -0.0497. The van der Waals surface area contributed by atoms with E-state index in [1.165, 1.54) is 6.07 Å². The molecule has 6 nitrogen and oxygen atoms in total. The highest BCUT2D eigenvalue weighted by atomic mass is 32.2. The highest BCUT2D eigenvalue weighted by Gasteiger charge is 2.41. The number of aromatic nitrogens is 1. The number of alkyl halides is 2. The lowest BCUT2D eigenvalue weighted by Gasteiger charge is -2.32. The smallest absolute Gasteiger partial charge is 0.387 e. The molecule has 0 spiro atoms. The number of benzene rings is 1. The first-order valence-electron chi connectivity index (χ1n) is 9.44. The van der Waals surface area contributed by atoms with Crippen molar-refractivity contribution in [1.29, 1.82) is 0 Å². The summed E-state index contributed by atoms with van der Waals surface area (Å²) in [7, 11) is -3.14. The van der Waals surface area contributed by atoms with Gasteiger partial charge in [0.2, 0.25) is 10.0 Å². The molecule has 0 atom stereocenters. The fraction of sp³-hybridized carbons (Fsp3) is 0.526. The van der Waals surface area contributed by atoms with Crippen molar-refractivity contribution in [3.63, 3.8) is 0 Å². The van der Waals surface area contributed by atoms with E-state index < -0.39 is 16.6 Å². The molecule has 4 rings (SSSR count). The minimum Gasteiger partial charge on any atom is -0.435 e. The Morgan fingerprint density at radius 3 is 2.54 bits per heavy atom. The van der Waals surface area contributed by atoms with E-state index in [0.29, 0.717) is 36.8 Å². The zero-order chi connectivity index (χ0) is 19.9. The number of rotatable bonds is 6. The molecule has 1 saturated carbocycles. The van der Waals surface area contributed by atoms with E-state index in [1.54, 1.807) is 16.4 Å². The van der Waals surface area contributed by atoms with Crippen molar-refractivity contribution < 1.29 is 21.9 Å². The maximum absolute atomic E-state index is 12.5. The monoisotopic (exact) mass is 411 g/mol. The fourth-order valence-corrected chi connectivity index (χ4v) is 5.56. The van der Waals surface area contributed by atoms with Gasteiger partial charge in [-0.1, -0.05) is 0 Å². The summed E-state index contributed by atoms with van der Waals surface area (Å²) in [5.41, 5.74) is 2.30. The number of piperidine rings is 1. The van der Waals surface area contributed by atoms with Crippen LogP contribution in [0.5, 0.6) is 5.75 Å². The van der Waals surface area contributed by atoms with Crippen LogP contribution in [0.4, 0.5) is 14.5 Å². The van der Waals surface area contributed by atoms with Gasteiger partial charge in [-0.15, -0.1) is 0 Å². The quantitative estimate of drug-likeness (QED) is 0.788. The van der Waals surface area contributed by atoms with Gasteiger partial charge in [-0.2, -0.15) is 8.78 Å². The molecule has 0 amide bonds. The Kier molecular flexibility index (Phi) is 5.13. The predicted molar refractivity (Wildman–Crippen MR) is 103 cm³/mol. The molecule has 1 N–H and O–H groups in total. The Balaban J connectivity index is 1.51. The maximum atomic E-state index is 12.5. The standard InChI is InChI=1S/C19H23F2N3O3S/c1-12-10-18(16-11-14(27-19(20)21)2-5-17(16)22-12)23-13-6-8-24(9-7-13)28(25,26)15-3-4-15/h2,5,10-11,13,15,19H,3-4,6-9H2,1H3,(H,22,23). The van der Waals surface area contributed by atoms with E-state index in [-0.39, 0.29) is 17.0 Å². The molecule has 152 valence electrons. The summed E-state index contributed by atoms with van der Waals surface area (Å²) < 4.78 is 56.0.